The maximum atomic E-state index is 10.5. The number of hydrogen-bond donors (Lipinski definition) is 1. The average molecular weight is 287 g/mol. The van der Waals surface area contributed by atoms with Crippen LogP contribution in [0.4, 0.5) is 0 Å². The summed E-state index contributed by atoms with van der Waals surface area (Å²) in [6, 6.07) is 5.16. The average Bonchev–Trinajstić information content (AvgIpc) is 2.70. The Morgan fingerprint density at radius 2 is 2.00 bits per heavy atom. The molecule has 5 nitrogen and oxygen atoms in total. The van der Waals surface area contributed by atoms with Gasteiger partial charge < -0.3 is 9.63 Å². The number of carboxylic acids is 1. The molecule has 0 atom stereocenters. The first-order valence-electron chi connectivity index (χ1n) is 5.02. The largest absolute Gasteiger partial charge is 0.481 e. The summed E-state index contributed by atoms with van der Waals surface area (Å²) in [6.07, 6.45) is -0.00905. The highest BCUT2D eigenvalue weighted by atomic mass is 35.5. The Labute approximate surface area is 112 Å². The van der Waals surface area contributed by atoms with E-state index in [1.165, 1.54) is 0 Å². The minimum Gasteiger partial charge on any atom is -0.481 e. The van der Waals surface area contributed by atoms with Crippen LogP contribution in [0.5, 0.6) is 0 Å². The highest BCUT2D eigenvalue weighted by Crippen LogP contribution is 2.26. The molecule has 0 unspecified atom stereocenters. The Bertz CT molecular complexity index is 563. The molecular weight excluding hydrogens is 279 g/mol. The fraction of sp³-hybridized carbons (Fsp3) is 0.182. The van der Waals surface area contributed by atoms with Crippen molar-refractivity contribution in [2.75, 3.05) is 0 Å². The second-order valence-electron chi connectivity index (χ2n) is 3.55. The number of carboxylic acid groups (broad SMARTS) is 1. The molecule has 2 rings (SSSR count). The molecule has 1 N–H and O–H groups in total. The van der Waals surface area contributed by atoms with Gasteiger partial charge in [-0.15, -0.1) is 0 Å². The standard InChI is InChI=1S/C11H8Cl2N2O3/c12-7-2-1-3-8(13)6(7)4-9-14-10(18-15-9)5-11(16)17/h1-3H,4-5H2,(H,16,17). The number of carbonyl (C=O) groups is 1. The second kappa shape index (κ2) is 5.37. The molecule has 94 valence electrons. The van der Waals surface area contributed by atoms with Crippen molar-refractivity contribution in [3.8, 4) is 0 Å². The lowest BCUT2D eigenvalue weighted by molar-refractivity contribution is -0.136. The number of aliphatic carboxylic acids is 1. The highest BCUT2D eigenvalue weighted by molar-refractivity contribution is 6.36. The van der Waals surface area contributed by atoms with E-state index in [0.29, 0.717) is 27.9 Å². The van der Waals surface area contributed by atoms with Gasteiger partial charge in [0.05, 0.1) is 0 Å². The van der Waals surface area contributed by atoms with Gasteiger partial charge in [0.1, 0.15) is 6.42 Å². The number of benzene rings is 1. The third-order valence-corrected chi connectivity index (χ3v) is 2.92. The molecular formula is C11H8Cl2N2O3. The Kier molecular flexibility index (Phi) is 3.84. The molecule has 0 bridgehead atoms. The van der Waals surface area contributed by atoms with Gasteiger partial charge in [-0.25, -0.2) is 0 Å². The highest BCUT2D eigenvalue weighted by Gasteiger charge is 2.13. The maximum absolute atomic E-state index is 10.5. The normalized spacial score (nSPS) is 10.6. The van der Waals surface area contributed by atoms with Crippen LogP contribution in [0.3, 0.4) is 0 Å². The zero-order chi connectivity index (χ0) is 13.1. The summed E-state index contributed by atoms with van der Waals surface area (Å²) in [7, 11) is 0. The van der Waals surface area contributed by atoms with E-state index in [9.17, 15) is 4.79 Å². The summed E-state index contributed by atoms with van der Waals surface area (Å²) in [6.45, 7) is 0. The first-order chi connectivity index (χ1) is 8.56. The monoisotopic (exact) mass is 286 g/mol. The Morgan fingerprint density at radius 1 is 1.33 bits per heavy atom. The molecule has 1 aromatic heterocycles. The minimum atomic E-state index is -1.03. The van der Waals surface area contributed by atoms with Gasteiger partial charge in [0, 0.05) is 16.5 Å². The summed E-state index contributed by atoms with van der Waals surface area (Å²) >= 11 is 12.0. The van der Waals surface area contributed by atoms with E-state index in [1.807, 2.05) is 0 Å². The van der Waals surface area contributed by atoms with Gasteiger partial charge in [0.2, 0.25) is 5.89 Å². The van der Waals surface area contributed by atoms with Crippen LogP contribution >= 0.6 is 23.2 Å². The van der Waals surface area contributed by atoms with E-state index in [2.05, 4.69) is 10.1 Å². The van der Waals surface area contributed by atoms with Crippen LogP contribution in [0.25, 0.3) is 0 Å². The first-order valence-corrected chi connectivity index (χ1v) is 5.78. The van der Waals surface area contributed by atoms with Crippen molar-refractivity contribution in [2.45, 2.75) is 12.8 Å². The molecule has 0 fully saturated rings. The predicted molar refractivity (Wildman–Crippen MR) is 64.9 cm³/mol. The number of aromatic nitrogens is 2. The van der Waals surface area contributed by atoms with E-state index in [0.717, 1.165) is 0 Å². The molecule has 0 aliphatic heterocycles. The SMILES string of the molecule is O=C(O)Cc1nc(Cc2c(Cl)cccc2Cl)no1. The summed E-state index contributed by atoms with van der Waals surface area (Å²) in [5, 5.41) is 13.3. The molecule has 0 aliphatic rings. The van der Waals surface area contributed by atoms with E-state index in [1.54, 1.807) is 18.2 Å². The summed E-state index contributed by atoms with van der Waals surface area (Å²) < 4.78 is 4.80. The van der Waals surface area contributed by atoms with Gasteiger partial charge >= 0.3 is 5.97 Å². The fourth-order valence-electron chi connectivity index (χ4n) is 1.42. The van der Waals surface area contributed by atoms with Crippen LogP contribution in [0.1, 0.15) is 17.3 Å². The van der Waals surface area contributed by atoms with Crippen LogP contribution in [0, 0.1) is 0 Å². The molecule has 0 saturated carbocycles. The van der Waals surface area contributed by atoms with Crippen LogP contribution in [0.15, 0.2) is 22.7 Å². The van der Waals surface area contributed by atoms with E-state index < -0.39 is 5.97 Å². The smallest absolute Gasteiger partial charge is 0.312 e. The van der Waals surface area contributed by atoms with E-state index in [4.69, 9.17) is 32.8 Å². The van der Waals surface area contributed by atoms with Gasteiger partial charge in [0.25, 0.3) is 0 Å². The number of nitrogens with zero attached hydrogens (tertiary/aromatic N) is 2. The molecule has 0 amide bonds. The molecule has 18 heavy (non-hydrogen) atoms. The third-order valence-electron chi connectivity index (χ3n) is 2.21. The minimum absolute atomic E-state index is 0.0562. The third kappa shape index (κ3) is 3.00. The zero-order valence-corrected chi connectivity index (χ0v) is 10.6. The van der Waals surface area contributed by atoms with Crippen molar-refractivity contribution in [3.63, 3.8) is 0 Å². The number of halogens is 2. The summed E-state index contributed by atoms with van der Waals surface area (Å²) in [5.41, 5.74) is 0.684. The summed E-state index contributed by atoms with van der Waals surface area (Å²) in [4.78, 5) is 14.4. The van der Waals surface area contributed by atoms with Crippen LogP contribution in [0.2, 0.25) is 10.0 Å². The quantitative estimate of drug-likeness (QED) is 0.935. The van der Waals surface area contributed by atoms with Gasteiger partial charge in [-0.1, -0.05) is 34.4 Å². The molecule has 2 aromatic rings. The van der Waals surface area contributed by atoms with E-state index in [-0.39, 0.29) is 12.3 Å². The molecule has 0 radical (unpaired) electrons. The Balaban J connectivity index is 2.19. The Hall–Kier alpha value is -1.59. The van der Waals surface area contributed by atoms with Crippen molar-refractivity contribution in [1.82, 2.24) is 10.1 Å². The molecule has 1 heterocycles. The van der Waals surface area contributed by atoms with Gasteiger partial charge in [-0.2, -0.15) is 4.98 Å². The van der Waals surface area contributed by atoms with Crippen molar-refractivity contribution in [3.05, 3.63) is 45.5 Å². The van der Waals surface area contributed by atoms with Crippen LogP contribution in [-0.4, -0.2) is 21.2 Å². The van der Waals surface area contributed by atoms with Crippen LogP contribution in [-0.2, 0) is 17.6 Å². The van der Waals surface area contributed by atoms with Crippen molar-refractivity contribution in [1.29, 1.82) is 0 Å². The second-order valence-corrected chi connectivity index (χ2v) is 4.37. The van der Waals surface area contributed by atoms with Crippen molar-refractivity contribution < 1.29 is 14.4 Å². The van der Waals surface area contributed by atoms with Crippen molar-refractivity contribution >= 4 is 29.2 Å². The summed E-state index contributed by atoms with van der Waals surface area (Å²) in [5.74, 6) is -0.622. The topological polar surface area (TPSA) is 76.2 Å². The molecule has 0 aliphatic carbocycles. The maximum Gasteiger partial charge on any atom is 0.312 e. The zero-order valence-electron chi connectivity index (χ0n) is 9.06. The lowest BCUT2D eigenvalue weighted by Gasteiger charge is -2.02. The van der Waals surface area contributed by atoms with Gasteiger partial charge in [0.15, 0.2) is 5.82 Å². The lowest BCUT2D eigenvalue weighted by atomic mass is 10.1. The van der Waals surface area contributed by atoms with Gasteiger partial charge in [-0.3, -0.25) is 4.79 Å². The fourth-order valence-corrected chi connectivity index (χ4v) is 1.95. The Morgan fingerprint density at radius 3 is 2.61 bits per heavy atom. The lowest BCUT2D eigenvalue weighted by Crippen LogP contribution is -2.00. The predicted octanol–water partition coefficient (Wildman–Crippen LogP) is 2.59. The molecule has 0 spiro atoms. The van der Waals surface area contributed by atoms with Gasteiger partial charge in [-0.05, 0) is 17.7 Å². The van der Waals surface area contributed by atoms with Crippen LogP contribution < -0.4 is 0 Å². The molecule has 0 saturated heterocycles. The number of rotatable bonds is 4. The van der Waals surface area contributed by atoms with Crippen molar-refractivity contribution in [2.24, 2.45) is 0 Å². The van der Waals surface area contributed by atoms with E-state index >= 15 is 0 Å². The number of hydrogen-bond acceptors (Lipinski definition) is 4. The molecule has 7 heteroatoms. The first kappa shape index (κ1) is 12.9. The molecule has 1 aromatic carbocycles.